The van der Waals surface area contributed by atoms with E-state index in [1.54, 1.807) is 0 Å². The highest BCUT2D eigenvalue weighted by atomic mass is 16.2. The number of nitrogens with one attached hydrogen (secondary N) is 2. The number of hydrazine groups is 1. The maximum Gasteiger partial charge on any atom is 0.329 e. The summed E-state index contributed by atoms with van der Waals surface area (Å²) in [6, 6.07) is 0.423. The summed E-state index contributed by atoms with van der Waals surface area (Å²) in [6.45, 7) is 2.00. The molecule has 0 atom stereocenters. The highest BCUT2D eigenvalue weighted by Gasteiger charge is 2.24. The molecule has 12 heavy (non-hydrogen) atoms. The number of amides is 2. The molecule has 4 heteroatoms. The van der Waals surface area contributed by atoms with Crippen LogP contribution in [0.5, 0.6) is 0 Å². The Hall–Kier alpha value is -0.770. The summed E-state index contributed by atoms with van der Waals surface area (Å²) in [4.78, 5) is 11.2. The van der Waals surface area contributed by atoms with E-state index in [1.807, 2.05) is 5.01 Å². The van der Waals surface area contributed by atoms with Crippen molar-refractivity contribution in [2.24, 2.45) is 0 Å². The number of carbonyl (C=O) groups is 1. The smallest absolute Gasteiger partial charge is 0.329 e. The van der Waals surface area contributed by atoms with Crippen molar-refractivity contribution < 1.29 is 4.79 Å². The predicted molar refractivity (Wildman–Crippen MR) is 45.5 cm³/mol. The Balaban J connectivity index is 1.66. The number of carbonyl (C=O) groups excluding carboxylic acids is 1. The normalized spacial score (nSPS) is 24.0. The van der Waals surface area contributed by atoms with Crippen molar-refractivity contribution in [3.63, 3.8) is 0 Å². The fourth-order valence-corrected chi connectivity index (χ4v) is 1.42. The van der Waals surface area contributed by atoms with E-state index in [0.717, 1.165) is 25.9 Å². The first-order chi connectivity index (χ1) is 5.84. The summed E-state index contributed by atoms with van der Waals surface area (Å²) in [5, 5.41) is 4.87. The van der Waals surface area contributed by atoms with Gasteiger partial charge in [0, 0.05) is 19.1 Å². The second-order valence-electron chi connectivity index (χ2n) is 3.55. The van der Waals surface area contributed by atoms with Crippen molar-refractivity contribution in [1.29, 1.82) is 0 Å². The maximum atomic E-state index is 11.2. The van der Waals surface area contributed by atoms with Gasteiger partial charge in [-0.25, -0.2) is 9.80 Å². The molecule has 0 bridgehead atoms. The van der Waals surface area contributed by atoms with E-state index in [9.17, 15) is 4.79 Å². The molecule has 1 saturated heterocycles. The van der Waals surface area contributed by atoms with E-state index in [-0.39, 0.29) is 6.03 Å². The number of urea groups is 1. The van der Waals surface area contributed by atoms with Gasteiger partial charge in [-0.05, 0) is 25.7 Å². The van der Waals surface area contributed by atoms with E-state index in [0.29, 0.717) is 6.04 Å². The van der Waals surface area contributed by atoms with E-state index >= 15 is 0 Å². The molecular weight excluding hydrogens is 154 g/mol. The monoisotopic (exact) mass is 169 g/mol. The molecule has 0 aromatic rings. The summed E-state index contributed by atoms with van der Waals surface area (Å²) in [5.74, 6) is 0. The Labute approximate surface area is 72.3 Å². The third kappa shape index (κ3) is 2.11. The molecule has 2 amide bonds. The minimum atomic E-state index is -0.0283. The minimum Gasteiger partial charge on any atom is -0.334 e. The van der Waals surface area contributed by atoms with Crippen LogP contribution in [-0.2, 0) is 0 Å². The largest absolute Gasteiger partial charge is 0.334 e. The zero-order valence-electron chi connectivity index (χ0n) is 7.18. The van der Waals surface area contributed by atoms with E-state index in [4.69, 9.17) is 0 Å². The minimum absolute atomic E-state index is 0.0283. The lowest BCUT2D eigenvalue weighted by molar-refractivity contribution is 0.197. The van der Waals surface area contributed by atoms with Crippen molar-refractivity contribution in [3.05, 3.63) is 0 Å². The first-order valence-corrected chi connectivity index (χ1v) is 4.67. The molecule has 1 aliphatic carbocycles. The molecule has 1 aliphatic heterocycles. The van der Waals surface area contributed by atoms with Crippen molar-refractivity contribution in [2.75, 3.05) is 13.1 Å². The van der Waals surface area contributed by atoms with Gasteiger partial charge in [0.15, 0.2) is 0 Å². The zero-order chi connectivity index (χ0) is 8.39. The molecule has 2 fully saturated rings. The van der Waals surface area contributed by atoms with Crippen molar-refractivity contribution in [2.45, 2.75) is 31.7 Å². The van der Waals surface area contributed by atoms with Crippen molar-refractivity contribution in [3.8, 4) is 0 Å². The van der Waals surface area contributed by atoms with Crippen LogP contribution >= 0.6 is 0 Å². The molecule has 2 N–H and O–H groups in total. The standard InChI is InChI=1S/C8H15N3O/c12-8(9-7-3-4-7)10-11-5-1-2-6-11/h7H,1-6H2,(H2,9,10,12). The SMILES string of the molecule is O=C(NC1CC1)NN1CCCC1. The Kier molecular flexibility index (Phi) is 2.17. The summed E-state index contributed by atoms with van der Waals surface area (Å²) in [7, 11) is 0. The van der Waals surface area contributed by atoms with Crippen LogP contribution in [0.2, 0.25) is 0 Å². The summed E-state index contributed by atoms with van der Waals surface area (Å²) >= 11 is 0. The third-order valence-electron chi connectivity index (χ3n) is 2.28. The molecule has 68 valence electrons. The Morgan fingerprint density at radius 3 is 2.50 bits per heavy atom. The molecule has 2 rings (SSSR count). The average Bonchev–Trinajstić information content (AvgIpc) is 2.66. The van der Waals surface area contributed by atoms with Gasteiger partial charge in [0.2, 0.25) is 0 Å². The molecule has 0 spiro atoms. The molecule has 2 aliphatic rings. The first kappa shape index (κ1) is 7.86. The molecule has 1 heterocycles. The average molecular weight is 169 g/mol. The fraction of sp³-hybridized carbons (Fsp3) is 0.875. The van der Waals surface area contributed by atoms with Gasteiger partial charge in [-0.3, -0.25) is 5.43 Å². The number of hydrogen-bond acceptors (Lipinski definition) is 2. The summed E-state index contributed by atoms with van der Waals surface area (Å²) < 4.78 is 0. The number of hydrogen-bond donors (Lipinski definition) is 2. The quantitative estimate of drug-likeness (QED) is 0.630. The molecule has 0 aromatic heterocycles. The van der Waals surface area contributed by atoms with Crippen LogP contribution in [0, 0.1) is 0 Å². The van der Waals surface area contributed by atoms with E-state index in [1.165, 1.54) is 12.8 Å². The van der Waals surface area contributed by atoms with Gasteiger partial charge in [-0.1, -0.05) is 0 Å². The highest BCUT2D eigenvalue weighted by molar-refractivity contribution is 5.74. The maximum absolute atomic E-state index is 11.2. The molecule has 1 saturated carbocycles. The van der Waals surface area contributed by atoms with Crippen LogP contribution in [-0.4, -0.2) is 30.2 Å². The third-order valence-corrected chi connectivity index (χ3v) is 2.28. The van der Waals surface area contributed by atoms with Gasteiger partial charge >= 0.3 is 6.03 Å². The van der Waals surface area contributed by atoms with Gasteiger partial charge in [0.05, 0.1) is 0 Å². The van der Waals surface area contributed by atoms with Crippen LogP contribution in [0.15, 0.2) is 0 Å². The van der Waals surface area contributed by atoms with Crippen LogP contribution in [0.25, 0.3) is 0 Å². The predicted octanol–water partition coefficient (Wildman–Crippen LogP) is 0.459. The second kappa shape index (κ2) is 3.31. The Morgan fingerprint density at radius 2 is 1.92 bits per heavy atom. The highest BCUT2D eigenvalue weighted by Crippen LogP contribution is 2.18. The van der Waals surface area contributed by atoms with Crippen molar-refractivity contribution >= 4 is 6.03 Å². The molecular formula is C8H15N3O. The zero-order valence-corrected chi connectivity index (χ0v) is 7.18. The lowest BCUT2D eigenvalue weighted by Crippen LogP contribution is -2.46. The van der Waals surface area contributed by atoms with Crippen LogP contribution in [0.4, 0.5) is 4.79 Å². The number of rotatable bonds is 2. The van der Waals surface area contributed by atoms with Crippen molar-refractivity contribution in [1.82, 2.24) is 15.8 Å². The van der Waals surface area contributed by atoms with E-state index in [2.05, 4.69) is 10.7 Å². The van der Waals surface area contributed by atoms with E-state index < -0.39 is 0 Å². The van der Waals surface area contributed by atoms with Gasteiger partial charge in [0.25, 0.3) is 0 Å². The second-order valence-corrected chi connectivity index (χ2v) is 3.55. The molecule has 4 nitrogen and oxygen atoms in total. The Morgan fingerprint density at radius 1 is 1.25 bits per heavy atom. The first-order valence-electron chi connectivity index (χ1n) is 4.67. The molecule has 0 unspecified atom stereocenters. The van der Waals surface area contributed by atoms with Gasteiger partial charge in [-0.15, -0.1) is 0 Å². The van der Waals surface area contributed by atoms with Crippen LogP contribution in [0.3, 0.4) is 0 Å². The Bertz CT molecular complexity index is 173. The van der Waals surface area contributed by atoms with Gasteiger partial charge in [-0.2, -0.15) is 0 Å². The lowest BCUT2D eigenvalue weighted by Gasteiger charge is -2.16. The van der Waals surface area contributed by atoms with Gasteiger partial charge < -0.3 is 5.32 Å². The lowest BCUT2D eigenvalue weighted by atomic mass is 10.4. The summed E-state index contributed by atoms with van der Waals surface area (Å²) in [5.41, 5.74) is 2.83. The van der Waals surface area contributed by atoms with Gasteiger partial charge in [0.1, 0.15) is 0 Å². The number of nitrogens with zero attached hydrogens (tertiary/aromatic N) is 1. The molecule has 0 radical (unpaired) electrons. The fourth-order valence-electron chi connectivity index (χ4n) is 1.42. The topological polar surface area (TPSA) is 44.4 Å². The molecule has 0 aromatic carbocycles. The van der Waals surface area contributed by atoms with Crippen LogP contribution < -0.4 is 10.7 Å². The van der Waals surface area contributed by atoms with Crippen LogP contribution in [0.1, 0.15) is 25.7 Å². The summed E-state index contributed by atoms with van der Waals surface area (Å²) in [6.07, 6.45) is 4.69.